The molecule has 1 aromatic rings. The molecule has 1 aliphatic heterocycles. The van der Waals surface area contributed by atoms with Gasteiger partial charge in [0.05, 0.1) is 12.1 Å². The molecule has 1 saturated heterocycles. The zero-order valence-corrected chi connectivity index (χ0v) is 8.74. The van der Waals surface area contributed by atoms with Crippen LogP contribution in [0, 0.1) is 5.92 Å². The maximum absolute atomic E-state index is 12.2. The minimum atomic E-state index is -2.88. The van der Waals surface area contributed by atoms with Gasteiger partial charge in [0.1, 0.15) is 0 Å². The average molecular weight is 210 g/mol. The van der Waals surface area contributed by atoms with E-state index in [-0.39, 0.29) is 11.9 Å². The molecule has 14 heavy (non-hydrogen) atoms. The third kappa shape index (κ3) is 1.48. The van der Waals surface area contributed by atoms with E-state index in [1.807, 2.05) is 6.07 Å². The van der Waals surface area contributed by atoms with Crippen LogP contribution in [0.4, 0.5) is 0 Å². The molecule has 1 aliphatic rings. The first-order valence-corrected chi connectivity index (χ1v) is 6.31. The maximum Gasteiger partial charge on any atom is 0.314 e. The summed E-state index contributed by atoms with van der Waals surface area (Å²) in [6.07, 6.45) is 0.329. The van der Waals surface area contributed by atoms with E-state index in [0.29, 0.717) is 11.5 Å². The second kappa shape index (κ2) is 3.25. The van der Waals surface area contributed by atoms with E-state index in [4.69, 9.17) is 4.52 Å². The van der Waals surface area contributed by atoms with Crippen LogP contribution in [-0.2, 0) is 13.9 Å². The van der Waals surface area contributed by atoms with Crippen LogP contribution >= 0.6 is 7.37 Å². The van der Waals surface area contributed by atoms with Crippen molar-refractivity contribution in [3.63, 3.8) is 0 Å². The highest BCUT2D eigenvalue weighted by Crippen LogP contribution is 2.52. The molecule has 74 valence electrons. The molecule has 0 aromatic heterocycles. The van der Waals surface area contributed by atoms with Crippen molar-refractivity contribution in [3.05, 3.63) is 30.3 Å². The molecule has 0 amide bonds. The van der Waals surface area contributed by atoms with Gasteiger partial charge in [-0.1, -0.05) is 25.1 Å². The Bertz CT molecular complexity index is 399. The SMILES string of the molecule is C[C@@H]1C[P@](=O)(c2ccccc2)OC1=O. The van der Waals surface area contributed by atoms with Gasteiger partial charge < -0.3 is 4.52 Å². The Labute approximate surface area is 82.5 Å². The molecule has 0 bridgehead atoms. The molecule has 4 heteroatoms. The molecule has 0 saturated carbocycles. The maximum atomic E-state index is 12.2. The molecule has 1 aromatic carbocycles. The standard InChI is InChI=1S/C10H11O3P/c1-8-7-14(12,13-10(8)11)9-5-3-2-4-6-9/h2-6,8H,7H2,1H3/t8-,14-/m1/s1. The normalized spacial score (nSPS) is 31.5. The van der Waals surface area contributed by atoms with Crippen LogP contribution in [-0.4, -0.2) is 12.1 Å². The number of rotatable bonds is 1. The van der Waals surface area contributed by atoms with Crippen molar-refractivity contribution in [2.75, 3.05) is 6.16 Å². The summed E-state index contributed by atoms with van der Waals surface area (Å²) in [5.41, 5.74) is 0. The van der Waals surface area contributed by atoms with Gasteiger partial charge in [0.15, 0.2) is 0 Å². The van der Waals surface area contributed by atoms with E-state index in [1.165, 1.54) is 0 Å². The molecule has 2 atom stereocenters. The Morgan fingerprint density at radius 2 is 2.00 bits per heavy atom. The Hall–Kier alpha value is -1.08. The predicted molar refractivity (Wildman–Crippen MR) is 53.8 cm³/mol. The van der Waals surface area contributed by atoms with Gasteiger partial charge in [0.25, 0.3) is 7.37 Å². The van der Waals surface area contributed by atoms with E-state index >= 15 is 0 Å². The van der Waals surface area contributed by atoms with E-state index in [2.05, 4.69) is 0 Å². The van der Waals surface area contributed by atoms with Crippen molar-refractivity contribution in [1.29, 1.82) is 0 Å². The fraction of sp³-hybridized carbons (Fsp3) is 0.300. The van der Waals surface area contributed by atoms with Crippen molar-refractivity contribution in [1.82, 2.24) is 0 Å². The summed E-state index contributed by atoms with van der Waals surface area (Å²) in [6.45, 7) is 1.74. The van der Waals surface area contributed by atoms with Crippen LogP contribution in [0.1, 0.15) is 6.92 Å². The number of hydrogen-bond donors (Lipinski definition) is 0. The molecule has 0 aliphatic carbocycles. The number of benzene rings is 1. The molecule has 3 nitrogen and oxygen atoms in total. The molecule has 0 N–H and O–H groups in total. The number of hydrogen-bond acceptors (Lipinski definition) is 3. The summed E-state index contributed by atoms with van der Waals surface area (Å²) >= 11 is 0. The predicted octanol–water partition coefficient (Wildman–Crippen LogP) is 1.78. The lowest BCUT2D eigenvalue weighted by Crippen LogP contribution is -2.05. The highest BCUT2D eigenvalue weighted by molar-refractivity contribution is 7.67. The van der Waals surface area contributed by atoms with Crippen molar-refractivity contribution in [2.45, 2.75) is 6.92 Å². The van der Waals surface area contributed by atoms with Gasteiger partial charge in [-0.25, -0.2) is 0 Å². The van der Waals surface area contributed by atoms with Crippen molar-refractivity contribution < 1.29 is 13.9 Å². The van der Waals surface area contributed by atoms with Gasteiger partial charge in [-0.3, -0.25) is 9.36 Å². The zero-order chi connectivity index (χ0) is 10.2. The Balaban J connectivity index is 2.37. The quantitative estimate of drug-likeness (QED) is 0.663. The third-order valence-corrected chi connectivity index (χ3v) is 4.89. The van der Waals surface area contributed by atoms with Crippen LogP contribution < -0.4 is 5.30 Å². The van der Waals surface area contributed by atoms with Crippen molar-refractivity contribution in [3.8, 4) is 0 Å². The third-order valence-electron chi connectivity index (χ3n) is 2.30. The molecule has 1 heterocycles. The second-order valence-electron chi connectivity index (χ2n) is 3.50. The highest BCUT2D eigenvalue weighted by atomic mass is 31.2. The molecular weight excluding hydrogens is 199 g/mol. The second-order valence-corrected chi connectivity index (χ2v) is 5.91. The smallest absolute Gasteiger partial charge is 0.314 e. The van der Waals surface area contributed by atoms with Crippen LogP contribution in [0.3, 0.4) is 0 Å². The summed E-state index contributed by atoms with van der Waals surface area (Å²) in [5.74, 6) is -0.599. The summed E-state index contributed by atoms with van der Waals surface area (Å²) in [5, 5.41) is 0.637. The minimum absolute atomic E-state index is 0.249. The molecular formula is C10H11O3P. The van der Waals surface area contributed by atoms with Crippen molar-refractivity contribution >= 4 is 18.6 Å². The molecule has 1 fully saturated rings. The minimum Gasteiger partial charge on any atom is -0.408 e. The first kappa shape index (κ1) is 9.47. The zero-order valence-electron chi connectivity index (χ0n) is 7.84. The van der Waals surface area contributed by atoms with E-state index in [9.17, 15) is 9.36 Å². The lowest BCUT2D eigenvalue weighted by molar-refractivity contribution is -0.135. The van der Waals surface area contributed by atoms with E-state index in [1.54, 1.807) is 31.2 Å². The van der Waals surface area contributed by atoms with Gasteiger partial charge in [-0.15, -0.1) is 0 Å². The molecule has 2 rings (SSSR count). The lowest BCUT2D eigenvalue weighted by Gasteiger charge is -2.09. The molecule has 0 spiro atoms. The Morgan fingerprint density at radius 1 is 1.36 bits per heavy atom. The number of carbonyl (C=O) groups excluding carboxylic acids is 1. The molecule has 0 unspecified atom stereocenters. The molecule has 0 radical (unpaired) electrons. The average Bonchev–Trinajstić information content (AvgIpc) is 2.44. The Kier molecular flexibility index (Phi) is 2.20. The van der Waals surface area contributed by atoms with Gasteiger partial charge >= 0.3 is 5.97 Å². The van der Waals surface area contributed by atoms with Gasteiger partial charge in [0.2, 0.25) is 0 Å². The highest BCUT2D eigenvalue weighted by Gasteiger charge is 2.41. The Morgan fingerprint density at radius 3 is 2.50 bits per heavy atom. The first-order chi connectivity index (χ1) is 6.62. The van der Waals surface area contributed by atoms with Gasteiger partial charge in [-0.05, 0) is 12.1 Å². The van der Waals surface area contributed by atoms with Crippen molar-refractivity contribution in [2.24, 2.45) is 5.92 Å². The topological polar surface area (TPSA) is 43.4 Å². The fourth-order valence-electron chi connectivity index (χ4n) is 1.52. The summed E-state index contributed by atoms with van der Waals surface area (Å²) in [6, 6.07) is 8.92. The van der Waals surface area contributed by atoms with Gasteiger partial charge in [-0.2, -0.15) is 0 Å². The van der Waals surface area contributed by atoms with Crippen LogP contribution in [0.15, 0.2) is 30.3 Å². The van der Waals surface area contributed by atoms with E-state index < -0.39 is 7.37 Å². The van der Waals surface area contributed by atoms with Crippen LogP contribution in [0.5, 0.6) is 0 Å². The summed E-state index contributed by atoms with van der Waals surface area (Å²) < 4.78 is 17.2. The van der Waals surface area contributed by atoms with Crippen LogP contribution in [0.25, 0.3) is 0 Å². The summed E-state index contributed by atoms with van der Waals surface area (Å²) in [7, 11) is -2.88. The largest absolute Gasteiger partial charge is 0.408 e. The van der Waals surface area contributed by atoms with Crippen LogP contribution in [0.2, 0.25) is 0 Å². The van der Waals surface area contributed by atoms with E-state index in [0.717, 1.165) is 0 Å². The number of carbonyl (C=O) groups is 1. The fourth-order valence-corrected chi connectivity index (χ4v) is 3.88. The first-order valence-electron chi connectivity index (χ1n) is 4.50. The lowest BCUT2D eigenvalue weighted by atomic mass is 10.2. The monoisotopic (exact) mass is 210 g/mol. The van der Waals surface area contributed by atoms with Gasteiger partial charge in [0, 0.05) is 5.30 Å². The summed E-state index contributed by atoms with van der Waals surface area (Å²) in [4.78, 5) is 11.2.